The molecule has 0 aliphatic rings. The minimum atomic E-state index is -0.835. The Morgan fingerprint density at radius 2 is 1.86 bits per heavy atom. The number of halogens is 2. The molecule has 0 spiro atoms. The van der Waals surface area contributed by atoms with E-state index in [1.807, 2.05) is 0 Å². The highest BCUT2D eigenvalue weighted by molar-refractivity contribution is 5.85. The van der Waals surface area contributed by atoms with Gasteiger partial charge in [-0.3, -0.25) is 4.98 Å². The van der Waals surface area contributed by atoms with Gasteiger partial charge in [-0.05, 0) is 37.3 Å². The second-order valence-corrected chi connectivity index (χ2v) is 4.83. The first-order valence-corrected chi connectivity index (χ1v) is 6.44. The molecule has 0 amide bonds. The van der Waals surface area contributed by atoms with E-state index in [0.717, 1.165) is 6.20 Å². The molecule has 2 heterocycles. The number of benzene rings is 1. The van der Waals surface area contributed by atoms with Crippen LogP contribution in [0.2, 0.25) is 0 Å². The largest absolute Gasteiger partial charge is 0.387 e. The van der Waals surface area contributed by atoms with Crippen molar-refractivity contribution in [3.8, 4) is 11.1 Å². The van der Waals surface area contributed by atoms with Gasteiger partial charge in [-0.2, -0.15) is 0 Å². The molecule has 0 fully saturated rings. The van der Waals surface area contributed by atoms with Gasteiger partial charge in [0.05, 0.1) is 23.5 Å². The van der Waals surface area contributed by atoms with Crippen LogP contribution >= 0.6 is 0 Å². The van der Waals surface area contributed by atoms with Crippen LogP contribution in [0.25, 0.3) is 22.0 Å². The predicted octanol–water partition coefficient (Wildman–Crippen LogP) is 3.63. The lowest BCUT2D eigenvalue weighted by Crippen LogP contribution is -2.00. The molecule has 0 aliphatic heterocycles. The second kappa shape index (κ2) is 5.18. The lowest BCUT2D eigenvalue weighted by atomic mass is 10.0. The molecule has 3 rings (SSSR count). The van der Waals surface area contributed by atoms with Crippen LogP contribution in [0.3, 0.4) is 0 Å². The zero-order chi connectivity index (χ0) is 15.0. The molecule has 3 nitrogen and oxygen atoms in total. The number of aliphatic hydroxyl groups is 1. The topological polar surface area (TPSA) is 46.0 Å². The number of hydrogen-bond donors (Lipinski definition) is 1. The van der Waals surface area contributed by atoms with Crippen molar-refractivity contribution in [1.82, 2.24) is 9.97 Å². The smallest absolute Gasteiger partial charge is 0.142 e. The van der Waals surface area contributed by atoms with Crippen molar-refractivity contribution < 1.29 is 13.9 Å². The fraction of sp³-hybridized carbons (Fsp3) is 0.125. The molecule has 1 N–H and O–H groups in total. The molecule has 5 heteroatoms. The van der Waals surface area contributed by atoms with E-state index in [2.05, 4.69) is 9.97 Å². The third-order valence-electron chi connectivity index (χ3n) is 3.22. The van der Waals surface area contributed by atoms with E-state index in [0.29, 0.717) is 27.7 Å². The number of fused-ring (bicyclic) bond motifs is 1. The number of hydrogen-bond acceptors (Lipinski definition) is 3. The van der Waals surface area contributed by atoms with Gasteiger partial charge in [0.2, 0.25) is 0 Å². The van der Waals surface area contributed by atoms with Crippen molar-refractivity contribution in [2.24, 2.45) is 0 Å². The second-order valence-electron chi connectivity index (χ2n) is 4.83. The van der Waals surface area contributed by atoms with E-state index in [-0.39, 0.29) is 5.82 Å². The Morgan fingerprint density at radius 3 is 2.57 bits per heavy atom. The molecule has 1 atom stereocenters. The summed E-state index contributed by atoms with van der Waals surface area (Å²) in [6, 6.07) is 7.20. The van der Waals surface area contributed by atoms with Crippen LogP contribution in [0.15, 0.2) is 42.7 Å². The molecule has 2 aromatic heterocycles. The van der Waals surface area contributed by atoms with Gasteiger partial charge >= 0.3 is 0 Å². The highest BCUT2D eigenvalue weighted by Crippen LogP contribution is 2.30. The summed E-state index contributed by atoms with van der Waals surface area (Å²) in [4.78, 5) is 8.16. The number of aromatic nitrogens is 2. The normalized spacial score (nSPS) is 12.6. The molecular weight excluding hydrogens is 274 g/mol. The maximum absolute atomic E-state index is 13.4. The van der Waals surface area contributed by atoms with Crippen LogP contribution in [0.1, 0.15) is 18.7 Å². The van der Waals surface area contributed by atoms with E-state index < -0.39 is 11.9 Å². The predicted molar refractivity (Wildman–Crippen MR) is 75.5 cm³/mol. The Morgan fingerprint density at radius 1 is 1.05 bits per heavy atom. The Hall–Kier alpha value is -2.40. The maximum Gasteiger partial charge on any atom is 0.142 e. The van der Waals surface area contributed by atoms with E-state index >= 15 is 0 Å². The lowest BCUT2D eigenvalue weighted by Gasteiger charge is -2.13. The van der Waals surface area contributed by atoms with Crippen LogP contribution in [-0.4, -0.2) is 15.1 Å². The van der Waals surface area contributed by atoms with E-state index in [4.69, 9.17) is 0 Å². The summed E-state index contributed by atoms with van der Waals surface area (Å²) < 4.78 is 26.7. The molecule has 3 aromatic rings. The quantitative estimate of drug-likeness (QED) is 0.782. The molecule has 0 bridgehead atoms. The van der Waals surface area contributed by atoms with Gasteiger partial charge in [-0.25, -0.2) is 13.8 Å². The van der Waals surface area contributed by atoms with Crippen LogP contribution in [0.5, 0.6) is 0 Å². The minimum absolute atomic E-state index is 0.377. The summed E-state index contributed by atoms with van der Waals surface area (Å²) in [7, 11) is 0. The molecule has 106 valence electrons. The maximum atomic E-state index is 13.4. The van der Waals surface area contributed by atoms with Gasteiger partial charge in [0.15, 0.2) is 0 Å². The SMILES string of the molecule is CC(O)c1nc2ccc(F)cc2cc1-c1cncc(F)c1. The van der Waals surface area contributed by atoms with E-state index in [9.17, 15) is 13.9 Å². The van der Waals surface area contributed by atoms with Gasteiger partial charge < -0.3 is 5.11 Å². The number of rotatable bonds is 2. The first-order valence-electron chi connectivity index (χ1n) is 6.44. The molecule has 21 heavy (non-hydrogen) atoms. The monoisotopic (exact) mass is 286 g/mol. The van der Waals surface area contributed by atoms with Gasteiger partial charge in [-0.15, -0.1) is 0 Å². The number of aliphatic hydroxyl groups excluding tert-OH is 1. The fourth-order valence-electron chi connectivity index (χ4n) is 2.27. The number of pyridine rings is 2. The fourth-order valence-corrected chi connectivity index (χ4v) is 2.27. The molecule has 0 radical (unpaired) electrons. The van der Waals surface area contributed by atoms with Crippen LogP contribution < -0.4 is 0 Å². The summed E-state index contributed by atoms with van der Waals surface area (Å²) in [5.74, 6) is -0.860. The van der Waals surface area contributed by atoms with E-state index in [1.54, 1.807) is 19.1 Å². The Kier molecular flexibility index (Phi) is 3.35. The van der Waals surface area contributed by atoms with Crippen molar-refractivity contribution in [2.75, 3.05) is 0 Å². The van der Waals surface area contributed by atoms with Gasteiger partial charge in [0.1, 0.15) is 11.6 Å². The average Bonchev–Trinajstić information content (AvgIpc) is 2.45. The molecule has 1 aromatic carbocycles. The summed E-state index contributed by atoms with van der Waals surface area (Å²) >= 11 is 0. The first kappa shape index (κ1) is 13.6. The summed E-state index contributed by atoms with van der Waals surface area (Å²) in [5.41, 5.74) is 2.00. The van der Waals surface area contributed by atoms with Crippen molar-refractivity contribution in [3.63, 3.8) is 0 Å². The van der Waals surface area contributed by atoms with Gasteiger partial charge in [0.25, 0.3) is 0 Å². The lowest BCUT2D eigenvalue weighted by molar-refractivity contribution is 0.195. The van der Waals surface area contributed by atoms with Crippen molar-refractivity contribution >= 4 is 10.9 Å². The van der Waals surface area contributed by atoms with Gasteiger partial charge in [0, 0.05) is 22.7 Å². The van der Waals surface area contributed by atoms with Crippen molar-refractivity contribution in [2.45, 2.75) is 13.0 Å². The molecular formula is C16H12F2N2O. The summed E-state index contributed by atoms with van der Waals surface area (Å²) in [6.45, 7) is 1.58. The first-order chi connectivity index (χ1) is 10.0. The highest BCUT2D eigenvalue weighted by Gasteiger charge is 2.14. The van der Waals surface area contributed by atoms with E-state index in [1.165, 1.54) is 24.4 Å². The Bertz CT molecular complexity index is 818. The summed E-state index contributed by atoms with van der Waals surface area (Å²) in [6.07, 6.45) is 1.74. The average molecular weight is 286 g/mol. The third-order valence-corrected chi connectivity index (χ3v) is 3.22. The minimum Gasteiger partial charge on any atom is -0.387 e. The van der Waals surface area contributed by atoms with Crippen LogP contribution in [-0.2, 0) is 0 Å². The highest BCUT2D eigenvalue weighted by atomic mass is 19.1. The number of nitrogens with zero attached hydrogens (tertiary/aromatic N) is 2. The zero-order valence-electron chi connectivity index (χ0n) is 11.2. The van der Waals surface area contributed by atoms with Crippen molar-refractivity contribution in [1.29, 1.82) is 0 Å². The molecule has 0 aliphatic carbocycles. The Labute approximate surface area is 119 Å². The summed E-state index contributed by atoms with van der Waals surface area (Å²) in [5, 5.41) is 10.5. The molecule has 0 saturated heterocycles. The standard InChI is InChI=1S/C16H12F2N2O/c1-9(21)16-14(11-5-13(18)8-19-7-11)6-10-4-12(17)2-3-15(10)20-16/h2-9,21H,1H3. The van der Waals surface area contributed by atoms with Crippen LogP contribution in [0.4, 0.5) is 8.78 Å². The third kappa shape index (κ3) is 2.60. The zero-order valence-corrected chi connectivity index (χ0v) is 11.2. The van der Waals surface area contributed by atoms with Crippen LogP contribution in [0, 0.1) is 11.6 Å². The van der Waals surface area contributed by atoms with Gasteiger partial charge in [-0.1, -0.05) is 0 Å². The Balaban J connectivity index is 2.30. The molecule has 1 unspecified atom stereocenters. The van der Waals surface area contributed by atoms with Crippen molar-refractivity contribution in [3.05, 3.63) is 60.1 Å². The molecule has 0 saturated carbocycles.